The van der Waals surface area contributed by atoms with Gasteiger partial charge < -0.3 is 10.6 Å². The van der Waals surface area contributed by atoms with E-state index < -0.39 is 23.1 Å². The molecule has 2 N–H and O–H groups in total. The van der Waals surface area contributed by atoms with Crippen LogP contribution in [0, 0.1) is 11.6 Å². The van der Waals surface area contributed by atoms with E-state index in [4.69, 9.17) is 0 Å². The number of amides is 1. The van der Waals surface area contributed by atoms with Gasteiger partial charge in [0.1, 0.15) is 28.7 Å². The molecule has 0 saturated heterocycles. The van der Waals surface area contributed by atoms with Crippen molar-refractivity contribution in [2.75, 3.05) is 18.4 Å². The summed E-state index contributed by atoms with van der Waals surface area (Å²) >= 11 is 0. The molecule has 152 valence electrons. The smallest absolute Gasteiger partial charge is 0.257 e. The van der Waals surface area contributed by atoms with E-state index in [9.17, 15) is 13.6 Å². The lowest BCUT2D eigenvalue weighted by atomic mass is 10.2. The average molecular weight is 408 g/mol. The van der Waals surface area contributed by atoms with E-state index in [1.54, 1.807) is 18.5 Å². The molecule has 4 rings (SSSR count). The van der Waals surface area contributed by atoms with Crippen LogP contribution in [-0.4, -0.2) is 38.5 Å². The third-order valence-corrected chi connectivity index (χ3v) is 4.45. The Morgan fingerprint density at radius 1 is 0.967 bits per heavy atom. The van der Waals surface area contributed by atoms with Crippen molar-refractivity contribution in [2.45, 2.75) is 6.42 Å². The Morgan fingerprint density at radius 2 is 1.80 bits per heavy atom. The van der Waals surface area contributed by atoms with Crippen molar-refractivity contribution in [3.8, 4) is 5.82 Å². The number of benzene rings is 1. The fourth-order valence-corrected chi connectivity index (χ4v) is 3.01. The Hall–Kier alpha value is -3.88. The van der Waals surface area contributed by atoms with E-state index in [2.05, 4.69) is 25.6 Å². The summed E-state index contributed by atoms with van der Waals surface area (Å²) in [5.41, 5.74) is 0.222. The second-order valence-electron chi connectivity index (χ2n) is 6.47. The molecule has 0 spiro atoms. The first-order valence-corrected chi connectivity index (χ1v) is 9.35. The quantitative estimate of drug-likeness (QED) is 0.458. The molecule has 0 saturated carbocycles. The Bertz CT molecular complexity index is 1170. The summed E-state index contributed by atoms with van der Waals surface area (Å²) in [5.74, 6) is -1.46. The summed E-state index contributed by atoms with van der Waals surface area (Å²) in [6, 6.07) is 10.9. The van der Waals surface area contributed by atoms with Crippen molar-refractivity contribution in [2.24, 2.45) is 0 Å². The third kappa shape index (κ3) is 4.09. The lowest BCUT2D eigenvalue weighted by molar-refractivity contribution is 0.0945. The molecule has 0 bridgehead atoms. The minimum absolute atomic E-state index is 0.242. The molecule has 1 amide bonds. The number of fused-ring (bicyclic) bond motifs is 1. The van der Waals surface area contributed by atoms with Gasteiger partial charge in [0.05, 0.1) is 0 Å². The van der Waals surface area contributed by atoms with Crippen molar-refractivity contribution in [1.29, 1.82) is 0 Å². The van der Waals surface area contributed by atoms with Crippen molar-refractivity contribution in [1.82, 2.24) is 24.8 Å². The molecule has 4 aromatic rings. The van der Waals surface area contributed by atoms with E-state index in [-0.39, 0.29) is 6.54 Å². The Morgan fingerprint density at radius 3 is 2.63 bits per heavy atom. The number of carbonyl (C=O) groups is 1. The number of rotatable bonds is 7. The molecule has 3 aromatic heterocycles. The number of aromatic nitrogens is 4. The van der Waals surface area contributed by atoms with Gasteiger partial charge in [0.2, 0.25) is 5.95 Å². The molecule has 1 aromatic carbocycles. The standard InChI is InChI=1S/C21H18F2N6O/c22-15-5-1-6-16(23)18(15)20(30)25-10-3-11-26-21-27-12-7-17(28-21)29-13-8-14-4-2-9-24-19(14)29/h1-2,4-9,12-13H,3,10-11H2,(H,25,30)(H,26,27,28). The zero-order valence-electron chi connectivity index (χ0n) is 15.8. The number of anilines is 1. The first kappa shape index (κ1) is 19.4. The van der Waals surface area contributed by atoms with Crippen molar-refractivity contribution >= 4 is 22.9 Å². The number of nitrogens with zero attached hydrogens (tertiary/aromatic N) is 4. The van der Waals surface area contributed by atoms with Gasteiger partial charge in [-0.05, 0) is 42.8 Å². The van der Waals surface area contributed by atoms with E-state index in [0.29, 0.717) is 24.7 Å². The van der Waals surface area contributed by atoms with Gasteiger partial charge in [-0.3, -0.25) is 9.36 Å². The van der Waals surface area contributed by atoms with Gasteiger partial charge in [0.15, 0.2) is 0 Å². The molecular weight excluding hydrogens is 390 g/mol. The second-order valence-corrected chi connectivity index (χ2v) is 6.47. The van der Waals surface area contributed by atoms with Gasteiger partial charge in [-0.2, -0.15) is 4.98 Å². The third-order valence-electron chi connectivity index (χ3n) is 4.45. The van der Waals surface area contributed by atoms with E-state index in [1.165, 1.54) is 6.07 Å². The maximum Gasteiger partial charge on any atom is 0.257 e. The normalized spacial score (nSPS) is 10.9. The second kappa shape index (κ2) is 8.64. The van der Waals surface area contributed by atoms with Gasteiger partial charge in [-0.1, -0.05) is 6.07 Å². The highest BCUT2D eigenvalue weighted by molar-refractivity contribution is 5.94. The molecule has 0 fully saturated rings. The predicted molar refractivity (Wildman–Crippen MR) is 108 cm³/mol. The van der Waals surface area contributed by atoms with Gasteiger partial charge in [-0.25, -0.2) is 18.7 Å². The highest BCUT2D eigenvalue weighted by Crippen LogP contribution is 2.17. The lowest BCUT2D eigenvalue weighted by Crippen LogP contribution is -2.27. The van der Waals surface area contributed by atoms with E-state index >= 15 is 0 Å². The predicted octanol–water partition coefficient (Wildman–Crippen LogP) is 3.33. The Kier molecular flexibility index (Phi) is 5.60. The first-order valence-electron chi connectivity index (χ1n) is 9.35. The van der Waals surface area contributed by atoms with Gasteiger partial charge in [0.25, 0.3) is 5.91 Å². The van der Waals surface area contributed by atoms with Crippen LogP contribution in [0.1, 0.15) is 16.8 Å². The molecule has 30 heavy (non-hydrogen) atoms. The number of pyridine rings is 1. The van der Waals surface area contributed by atoms with Crippen LogP contribution in [-0.2, 0) is 0 Å². The summed E-state index contributed by atoms with van der Waals surface area (Å²) < 4.78 is 29.1. The van der Waals surface area contributed by atoms with Gasteiger partial charge >= 0.3 is 0 Å². The number of hydrogen-bond donors (Lipinski definition) is 2. The molecule has 0 aliphatic heterocycles. The molecule has 0 aliphatic rings. The maximum atomic E-state index is 13.6. The highest BCUT2D eigenvalue weighted by atomic mass is 19.1. The lowest BCUT2D eigenvalue weighted by Gasteiger charge is -2.09. The molecule has 7 nitrogen and oxygen atoms in total. The molecule has 0 unspecified atom stereocenters. The van der Waals surface area contributed by atoms with Gasteiger partial charge in [-0.15, -0.1) is 0 Å². The summed E-state index contributed by atoms with van der Waals surface area (Å²) in [5, 5.41) is 6.59. The van der Waals surface area contributed by atoms with Crippen LogP contribution in [0.3, 0.4) is 0 Å². The molecule has 0 radical (unpaired) electrons. The fourth-order valence-electron chi connectivity index (χ4n) is 3.01. The molecule has 3 heterocycles. The largest absolute Gasteiger partial charge is 0.354 e. The number of nitrogens with one attached hydrogen (secondary N) is 2. The topological polar surface area (TPSA) is 84.7 Å². The first-order chi connectivity index (χ1) is 14.6. The molecule has 0 aliphatic carbocycles. The van der Waals surface area contributed by atoms with Crippen LogP contribution >= 0.6 is 0 Å². The summed E-state index contributed by atoms with van der Waals surface area (Å²) in [7, 11) is 0. The summed E-state index contributed by atoms with van der Waals surface area (Å²) in [6.07, 6.45) is 5.77. The van der Waals surface area contributed by atoms with Crippen LogP contribution in [0.5, 0.6) is 0 Å². The summed E-state index contributed by atoms with van der Waals surface area (Å²) in [6.45, 7) is 0.708. The van der Waals surface area contributed by atoms with E-state index in [1.807, 2.05) is 29.0 Å². The minimum atomic E-state index is -0.886. The number of hydrogen-bond acceptors (Lipinski definition) is 5. The molecule has 0 atom stereocenters. The Labute approximate surface area is 170 Å². The minimum Gasteiger partial charge on any atom is -0.354 e. The number of halogens is 2. The average Bonchev–Trinajstić information content (AvgIpc) is 3.18. The highest BCUT2D eigenvalue weighted by Gasteiger charge is 2.16. The van der Waals surface area contributed by atoms with Crippen LogP contribution in [0.15, 0.2) is 61.1 Å². The molecule has 9 heteroatoms. The van der Waals surface area contributed by atoms with E-state index in [0.717, 1.165) is 23.2 Å². The van der Waals surface area contributed by atoms with Crippen LogP contribution in [0.25, 0.3) is 16.9 Å². The van der Waals surface area contributed by atoms with Crippen LogP contribution < -0.4 is 10.6 Å². The van der Waals surface area contributed by atoms with Crippen molar-refractivity contribution < 1.29 is 13.6 Å². The molecular formula is C21H18F2N6O. The number of carbonyl (C=O) groups excluding carboxylic acids is 1. The van der Waals surface area contributed by atoms with Crippen LogP contribution in [0.2, 0.25) is 0 Å². The monoisotopic (exact) mass is 408 g/mol. The van der Waals surface area contributed by atoms with Crippen molar-refractivity contribution in [3.05, 3.63) is 78.3 Å². The van der Waals surface area contributed by atoms with Crippen molar-refractivity contribution in [3.63, 3.8) is 0 Å². The fraction of sp³-hybridized carbons (Fsp3) is 0.143. The zero-order valence-corrected chi connectivity index (χ0v) is 15.8. The Balaban J connectivity index is 1.32. The zero-order chi connectivity index (χ0) is 20.9. The summed E-state index contributed by atoms with van der Waals surface area (Å²) in [4.78, 5) is 25.0. The SMILES string of the molecule is O=C(NCCCNc1nccc(-n2ccc3cccnc32)n1)c1c(F)cccc1F. The van der Waals surface area contributed by atoms with Crippen LogP contribution in [0.4, 0.5) is 14.7 Å². The van der Waals surface area contributed by atoms with Gasteiger partial charge in [0, 0.05) is 37.1 Å². The maximum absolute atomic E-state index is 13.6.